The van der Waals surface area contributed by atoms with Gasteiger partial charge >= 0.3 is 99.2 Å². The zero-order valence-electron chi connectivity index (χ0n) is 24.5. The molecule has 0 nitrogen and oxygen atoms in total. The SMILES string of the molecule is CCc1ccc2c(c1)[cH-]c1cc(CC)ccc12.[C-]1=CC(c2ccccc2)=CC1.[Zr+2]=[C](c1ccccc1)c1ccccc1. The zero-order chi connectivity index (χ0) is 29.1. The fourth-order valence-electron chi connectivity index (χ4n) is 5.17. The number of fused-ring (bicyclic) bond motifs is 3. The standard InChI is InChI=1S/C17H17.C13H10.C11H9.Zr/c1-3-12-5-7-16-14(9-12)11-15-10-13(4-2)6-8-17(15)16;1-3-7-12(8-4-1)11-13-9-5-2-6-10-13;1-2-6-10(7-3-1)11-8-4-5-9-11;/h5-11H,3-4H2,1-2H3;1-10H;1-3,6-9H,4H2;/q-1;;-1;+2. The maximum absolute atomic E-state index is 3.15. The van der Waals surface area contributed by atoms with Crippen LogP contribution in [0.25, 0.3) is 27.1 Å². The molecule has 0 bridgehead atoms. The molecule has 1 heteroatoms. The Bertz CT molecular complexity index is 1700. The van der Waals surface area contributed by atoms with Crippen LogP contribution in [-0.2, 0) is 37.1 Å². The summed E-state index contributed by atoms with van der Waals surface area (Å²) in [5, 5.41) is 5.54. The molecule has 0 atom stereocenters. The predicted molar refractivity (Wildman–Crippen MR) is 179 cm³/mol. The molecule has 0 aliphatic heterocycles. The van der Waals surface area contributed by atoms with Crippen LogP contribution in [0.3, 0.4) is 0 Å². The molecule has 7 rings (SSSR count). The molecule has 0 saturated carbocycles. The van der Waals surface area contributed by atoms with Gasteiger partial charge in [-0.3, -0.25) is 6.08 Å². The fraction of sp³-hybridized carbons (Fsp3) is 0.122. The van der Waals surface area contributed by atoms with E-state index >= 15 is 0 Å². The van der Waals surface area contributed by atoms with Crippen molar-refractivity contribution in [2.45, 2.75) is 33.1 Å². The van der Waals surface area contributed by atoms with E-state index in [1.54, 1.807) is 0 Å². The summed E-state index contributed by atoms with van der Waals surface area (Å²) in [5.74, 6) is 0. The van der Waals surface area contributed by atoms with E-state index in [-0.39, 0.29) is 0 Å². The van der Waals surface area contributed by atoms with Crippen LogP contribution in [0.5, 0.6) is 0 Å². The Labute approximate surface area is 265 Å². The molecule has 6 aromatic rings. The summed E-state index contributed by atoms with van der Waals surface area (Å²) in [4.78, 5) is 0. The van der Waals surface area contributed by atoms with Crippen LogP contribution in [0.15, 0.2) is 146 Å². The van der Waals surface area contributed by atoms with Gasteiger partial charge in [0.05, 0.1) is 0 Å². The van der Waals surface area contributed by atoms with Gasteiger partial charge in [-0.05, 0) is 12.8 Å². The van der Waals surface area contributed by atoms with Crippen molar-refractivity contribution in [1.82, 2.24) is 0 Å². The van der Waals surface area contributed by atoms with Crippen molar-refractivity contribution < 1.29 is 24.2 Å². The third kappa shape index (κ3) is 7.53. The van der Waals surface area contributed by atoms with Crippen molar-refractivity contribution in [2.24, 2.45) is 0 Å². The number of rotatable bonds is 5. The number of allylic oxidation sites excluding steroid dienone is 4. The van der Waals surface area contributed by atoms with Gasteiger partial charge in [0.2, 0.25) is 0 Å². The normalized spacial score (nSPS) is 11.9. The average molecular weight is 620 g/mol. The molecule has 0 spiro atoms. The first-order chi connectivity index (χ1) is 20.7. The average Bonchev–Trinajstić information content (AvgIpc) is 3.74. The van der Waals surface area contributed by atoms with E-state index in [2.05, 4.69) is 159 Å². The van der Waals surface area contributed by atoms with E-state index in [9.17, 15) is 0 Å². The molecule has 0 amide bonds. The van der Waals surface area contributed by atoms with Crippen LogP contribution in [0.1, 0.15) is 48.1 Å². The van der Waals surface area contributed by atoms with Crippen molar-refractivity contribution in [3.63, 3.8) is 0 Å². The fourth-order valence-corrected chi connectivity index (χ4v) is 5.99. The number of benzene rings is 5. The molecule has 204 valence electrons. The second kappa shape index (κ2) is 14.9. The molecule has 0 fully saturated rings. The molecule has 1 aliphatic carbocycles. The topological polar surface area (TPSA) is 0 Å². The van der Waals surface area contributed by atoms with Crippen LogP contribution in [-0.4, -0.2) is 3.21 Å². The molecule has 0 radical (unpaired) electrons. The third-order valence-corrected chi connectivity index (χ3v) is 9.00. The van der Waals surface area contributed by atoms with Gasteiger partial charge in [-0.2, -0.15) is 11.6 Å². The van der Waals surface area contributed by atoms with Crippen LogP contribution >= 0.6 is 0 Å². The Morgan fingerprint density at radius 2 is 1.12 bits per heavy atom. The Kier molecular flexibility index (Phi) is 10.5. The van der Waals surface area contributed by atoms with Crippen LogP contribution in [0, 0.1) is 6.08 Å². The van der Waals surface area contributed by atoms with Crippen LogP contribution in [0.4, 0.5) is 0 Å². The Morgan fingerprint density at radius 3 is 1.55 bits per heavy atom. The van der Waals surface area contributed by atoms with Crippen molar-refractivity contribution in [3.8, 4) is 0 Å². The minimum atomic E-state index is 0.963. The molecule has 0 unspecified atom stereocenters. The first-order valence-corrected chi connectivity index (χ1v) is 16.0. The summed E-state index contributed by atoms with van der Waals surface area (Å²) < 4.78 is 1.42. The van der Waals surface area contributed by atoms with Gasteiger partial charge in [-0.1, -0.05) is 79.6 Å². The number of aryl methyl sites for hydroxylation is 2. The minimum absolute atomic E-state index is 0.963. The summed E-state index contributed by atoms with van der Waals surface area (Å²) >= 11 is 1.46. The van der Waals surface area contributed by atoms with Gasteiger partial charge in [0, 0.05) is 0 Å². The summed E-state index contributed by atoms with van der Waals surface area (Å²) in [6, 6.07) is 47.5. The molecular formula is C41H36Zr. The molecule has 1 aliphatic rings. The summed E-state index contributed by atoms with van der Waals surface area (Å²) in [7, 11) is 0. The van der Waals surface area contributed by atoms with Gasteiger partial charge < -0.3 is 0 Å². The Morgan fingerprint density at radius 1 is 0.643 bits per heavy atom. The van der Waals surface area contributed by atoms with E-state index in [0.717, 1.165) is 19.3 Å². The molecule has 0 heterocycles. The van der Waals surface area contributed by atoms with Gasteiger partial charge in [0.25, 0.3) is 0 Å². The van der Waals surface area contributed by atoms with Gasteiger partial charge in [0.1, 0.15) is 0 Å². The third-order valence-electron chi connectivity index (χ3n) is 7.58. The summed E-state index contributed by atoms with van der Waals surface area (Å²) in [6.07, 6.45) is 10.6. The molecule has 0 aromatic heterocycles. The molecule has 6 aromatic carbocycles. The molecule has 0 saturated heterocycles. The van der Waals surface area contributed by atoms with Gasteiger partial charge in [-0.15, -0.1) is 51.7 Å². The number of hydrogen-bond acceptors (Lipinski definition) is 0. The quantitative estimate of drug-likeness (QED) is 0.168. The zero-order valence-corrected chi connectivity index (χ0v) is 26.9. The molecule has 0 N–H and O–H groups in total. The van der Waals surface area contributed by atoms with Crippen molar-refractivity contribution in [3.05, 3.63) is 180 Å². The van der Waals surface area contributed by atoms with E-state index in [1.807, 2.05) is 6.07 Å². The first kappa shape index (κ1) is 29.7. The first-order valence-electron chi connectivity index (χ1n) is 14.8. The van der Waals surface area contributed by atoms with E-state index in [4.69, 9.17) is 0 Å². The Balaban J connectivity index is 0.000000129. The Hall–Kier alpha value is -3.80. The van der Waals surface area contributed by atoms with E-state index in [1.165, 1.54) is 82.4 Å². The monoisotopic (exact) mass is 618 g/mol. The van der Waals surface area contributed by atoms with Crippen LogP contribution in [0.2, 0.25) is 0 Å². The number of hydrogen-bond donors (Lipinski definition) is 0. The van der Waals surface area contributed by atoms with E-state index in [0.29, 0.717) is 0 Å². The second-order valence-corrected chi connectivity index (χ2v) is 11.6. The van der Waals surface area contributed by atoms with Crippen molar-refractivity contribution >= 4 is 30.3 Å². The van der Waals surface area contributed by atoms with Gasteiger partial charge in [0.15, 0.2) is 0 Å². The summed E-state index contributed by atoms with van der Waals surface area (Å²) in [6.45, 7) is 4.41. The van der Waals surface area contributed by atoms with Gasteiger partial charge in [-0.25, -0.2) is 6.08 Å². The molecular weight excluding hydrogens is 584 g/mol. The van der Waals surface area contributed by atoms with Crippen LogP contribution < -0.4 is 0 Å². The van der Waals surface area contributed by atoms with Crippen molar-refractivity contribution in [1.29, 1.82) is 0 Å². The summed E-state index contributed by atoms with van der Waals surface area (Å²) in [5.41, 5.74) is 8.09. The predicted octanol–water partition coefficient (Wildman–Crippen LogP) is 10.5. The second-order valence-electron chi connectivity index (χ2n) is 10.4. The molecule has 42 heavy (non-hydrogen) atoms. The van der Waals surface area contributed by atoms with Crippen molar-refractivity contribution in [2.75, 3.05) is 0 Å². The maximum atomic E-state index is 3.15. The van der Waals surface area contributed by atoms with E-state index < -0.39 is 0 Å².